The molecular formula is C19H24N4O. The summed E-state index contributed by atoms with van der Waals surface area (Å²) in [5.74, 6) is 3.29. The molecule has 2 heterocycles. The van der Waals surface area contributed by atoms with Crippen molar-refractivity contribution in [3.63, 3.8) is 0 Å². The Hall–Kier alpha value is -2.30. The van der Waals surface area contributed by atoms with E-state index in [1.807, 2.05) is 13.1 Å². The average molecular weight is 324 g/mol. The van der Waals surface area contributed by atoms with Crippen LogP contribution < -0.4 is 15.4 Å². The second kappa shape index (κ2) is 6.67. The van der Waals surface area contributed by atoms with Gasteiger partial charge in [0.05, 0.1) is 12.3 Å². The Morgan fingerprint density at radius 1 is 1.21 bits per heavy atom. The van der Waals surface area contributed by atoms with Crippen LogP contribution in [0.1, 0.15) is 29.7 Å². The number of nitrogens with zero attached hydrogens (tertiary/aromatic N) is 2. The molecule has 1 unspecified atom stereocenters. The summed E-state index contributed by atoms with van der Waals surface area (Å²) in [5, 5.41) is 6.68. The monoisotopic (exact) mass is 324 g/mol. The van der Waals surface area contributed by atoms with Crippen molar-refractivity contribution in [2.24, 2.45) is 5.92 Å². The molecule has 5 heteroatoms. The molecule has 2 aliphatic rings. The first-order chi connectivity index (χ1) is 11.8. The summed E-state index contributed by atoms with van der Waals surface area (Å²) in [6, 6.07) is 8.35. The molecule has 0 saturated carbocycles. The highest BCUT2D eigenvalue weighted by Gasteiger charge is 2.20. The third-order valence-electron chi connectivity index (χ3n) is 4.98. The van der Waals surface area contributed by atoms with Crippen molar-refractivity contribution < 1.29 is 4.74 Å². The zero-order chi connectivity index (χ0) is 16.4. The number of ether oxygens (including phenoxy) is 1. The quantitative estimate of drug-likeness (QED) is 0.905. The van der Waals surface area contributed by atoms with E-state index >= 15 is 0 Å². The summed E-state index contributed by atoms with van der Waals surface area (Å²) in [6.45, 7) is 1.65. The topological polar surface area (TPSA) is 59.1 Å². The molecule has 0 amide bonds. The van der Waals surface area contributed by atoms with E-state index in [1.54, 1.807) is 0 Å². The van der Waals surface area contributed by atoms with Crippen molar-refractivity contribution in [2.45, 2.75) is 32.1 Å². The van der Waals surface area contributed by atoms with E-state index in [0.29, 0.717) is 5.92 Å². The highest BCUT2D eigenvalue weighted by molar-refractivity contribution is 5.52. The number of nitrogens with one attached hydrogen (secondary N) is 2. The molecule has 4 rings (SSSR count). The molecule has 0 spiro atoms. The Bertz CT molecular complexity index is 731. The first-order valence-corrected chi connectivity index (χ1v) is 8.85. The molecule has 0 fully saturated rings. The van der Waals surface area contributed by atoms with Gasteiger partial charge in [0.2, 0.25) is 5.95 Å². The van der Waals surface area contributed by atoms with E-state index in [-0.39, 0.29) is 0 Å². The molecular weight excluding hydrogens is 300 g/mol. The predicted molar refractivity (Wildman–Crippen MR) is 95.8 cm³/mol. The van der Waals surface area contributed by atoms with Crippen LogP contribution in [-0.2, 0) is 19.3 Å². The molecule has 0 bridgehead atoms. The van der Waals surface area contributed by atoms with Gasteiger partial charge in [0, 0.05) is 19.2 Å². The van der Waals surface area contributed by atoms with Crippen molar-refractivity contribution in [2.75, 3.05) is 30.8 Å². The van der Waals surface area contributed by atoms with Crippen LogP contribution in [0.3, 0.4) is 0 Å². The normalized spacial score (nSPS) is 19.0. The van der Waals surface area contributed by atoms with Crippen molar-refractivity contribution in [3.8, 4) is 5.75 Å². The van der Waals surface area contributed by atoms with Gasteiger partial charge in [-0.2, -0.15) is 4.98 Å². The van der Waals surface area contributed by atoms with E-state index < -0.39 is 0 Å². The highest BCUT2D eigenvalue weighted by atomic mass is 16.5. The Balaban J connectivity index is 1.46. The van der Waals surface area contributed by atoms with Crippen LogP contribution in [0.4, 0.5) is 11.8 Å². The number of rotatable bonds is 4. The molecule has 2 aromatic rings. The minimum absolute atomic E-state index is 0.531. The molecule has 2 N–H and O–H groups in total. The van der Waals surface area contributed by atoms with Crippen molar-refractivity contribution in [1.82, 2.24) is 9.97 Å². The molecule has 5 nitrogen and oxygen atoms in total. The smallest absolute Gasteiger partial charge is 0.224 e. The standard InChI is InChI=1S/C19H24N4O/c1-20-18-15-6-4-7-16(15)22-19(23-18)21-12-13-9-10-24-17-8-3-2-5-14(17)11-13/h2-3,5,8,13H,4,6-7,9-12H2,1H3,(H2,20,21,22,23). The van der Waals surface area contributed by atoms with Gasteiger partial charge in [0.1, 0.15) is 11.6 Å². The van der Waals surface area contributed by atoms with Crippen LogP contribution in [0.25, 0.3) is 0 Å². The minimum Gasteiger partial charge on any atom is -0.493 e. The number of anilines is 2. The third-order valence-corrected chi connectivity index (χ3v) is 4.98. The predicted octanol–water partition coefficient (Wildman–Crippen LogP) is 3.06. The second-order valence-electron chi connectivity index (χ2n) is 6.62. The maximum absolute atomic E-state index is 5.86. The summed E-state index contributed by atoms with van der Waals surface area (Å²) in [5.41, 5.74) is 3.79. The van der Waals surface area contributed by atoms with Gasteiger partial charge in [-0.15, -0.1) is 0 Å². The van der Waals surface area contributed by atoms with Crippen LogP contribution >= 0.6 is 0 Å². The number of hydrogen-bond acceptors (Lipinski definition) is 5. The molecule has 1 atom stereocenters. The Morgan fingerprint density at radius 2 is 2.12 bits per heavy atom. The van der Waals surface area contributed by atoms with Gasteiger partial charge in [-0.1, -0.05) is 18.2 Å². The van der Waals surface area contributed by atoms with Gasteiger partial charge in [-0.05, 0) is 49.7 Å². The Labute approximate surface area is 142 Å². The van der Waals surface area contributed by atoms with Gasteiger partial charge in [0.15, 0.2) is 0 Å². The van der Waals surface area contributed by atoms with Gasteiger partial charge in [-0.3, -0.25) is 0 Å². The van der Waals surface area contributed by atoms with Crippen LogP contribution in [0.5, 0.6) is 5.75 Å². The minimum atomic E-state index is 0.531. The summed E-state index contributed by atoms with van der Waals surface area (Å²) < 4.78 is 5.86. The summed E-state index contributed by atoms with van der Waals surface area (Å²) in [6.07, 6.45) is 5.41. The van der Waals surface area contributed by atoms with Gasteiger partial charge < -0.3 is 15.4 Å². The molecule has 0 saturated heterocycles. The average Bonchev–Trinajstić information content (AvgIpc) is 2.98. The van der Waals surface area contributed by atoms with Crippen LogP contribution in [-0.4, -0.2) is 30.2 Å². The molecule has 1 aliphatic carbocycles. The van der Waals surface area contributed by atoms with Crippen molar-refractivity contribution in [1.29, 1.82) is 0 Å². The van der Waals surface area contributed by atoms with Crippen LogP contribution in [0.2, 0.25) is 0 Å². The van der Waals surface area contributed by atoms with E-state index in [0.717, 1.165) is 56.4 Å². The zero-order valence-electron chi connectivity index (χ0n) is 14.1. The lowest BCUT2D eigenvalue weighted by Gasteiger charge is -2.16. The van der Waals surface area contributed by atoms with Crippen molar-refractivity contribution >= 4 is 11.8 Å². The Kier molecular flexibility index (Phi) is 4.24. The highest BCUT2D eigenvalue weighted by Crippen LogP contribution is 2.28. The van der Waals surface area contributed by atoms with Gasteiger partial charge in [0.25, 0.3) is 0 Å². The lowest BCUT2D eigenvalue weighted by molar-refractivity contribution is 0.298. The molecule has 0 radical (unpaired) electrons. The lowest BCUT2D eigenvalue weighted by Crippen LogP contribution is -2.19. The molecule has 126 valence electrons. The first-order valence-electron chi connectivity index (χ1n) is 8.85. The number of para-hydroxylation sites is 1. The van der Waals surface area contributed by atoms with E-state index in [1.165, 1.54) is 23.2 Å². The number of fused-ring (bicyclic) bond motifs is 2. The van der Waals surface area contributed by atoms with Gasteiger partial charge in [-0.25, -0.2) is 4.98 Å². The Morgan fingerprint density at radius 3 is 3.04 bits per heavy atom. The third kappa shape index (κ3) is 3.03. The van der Waals surface area contributed by atoms with Gasteiger partial charge >= 0.3 is 0 Å². The fourth-order valence-electron chi connectivity index (χ4n) is 3.69. The summed E-state index contributed by atoms with van der Waals surface area (Å²) in [7, 11) is 1.93. The summed E-state index contributed by atoms with van der Waals surface area (Å²) in [4.78, 5) is 9.37. The number of hydrogen-bond donors (Lipinski definition) is 2. The number of benzene rings is 1. The molecule has 1 aliphatic heterocycles. The van der Waals surface area contributed by atoms with Crippen molar-refractivity contribution in [3.05, 3.63) is 41.1 Å². The molecule has 1 aromatic heterocycles. The molecule has 1 aromatic carbocycles. The SMILES string of the molecule is CNc1nc(NCC2CCOc3ccccc3C2)nc2c1CCC2. The largest absolute Gasteiger partial charge is 0.493 e. The lowest BCUT2D eigenvalue weighted by atomic mass is 9.97. The first kappa shape index (κ1) is 15.2. The zero-order valence-corrected chi connectivity index (χ0v) is 14.1. The fourth-order valence-corrected chi connectivity index (χ4v) is 3.69. The van der Waals surface area contributed by atoms with E-state index in [4.69, 9.17) is 9.72 Å². The maximum atomic E-state index is 5.86. The second-order valence-corrected chi connectivity index (χ2v) is 6.62. The number of aryl methyl sites for hydroxylation is 1. The molecule has 24 heavy (non-hydrogen) atoms. The maximum Gasteiger partial charge on any atom is 0.224 e. The van der Waals surface area contributed by atoms with E-state index in [9.17, 15) is 0 Å². The fraction of sp³-hybridized carbons (Fsp3) is 0.474. The van der Waals surface area contributed by atoms with E-state index in [2.05, 4.69) is 33.8 Å². The number of aromatic nitrogens is 2. The van der Waals surface area contributed by atoms with Crippen LogP contribution in [0.15, 0.2) is 24.3 Å². The van der Waals surface area contributed by atoms with Crippen LogP contribution in [0, 0.1) is 5.92 Å². The summed E-state index contributed by atoms with van der Waals surface area (Å²) >= 11 is 0.